The van der Waals surface area contributed by atoms with Gasteiger partial charge in [0.25, 0.3) is 0 Å². The van der Waals surface area contributed by atoms with Gasteiger partial charge < -0.3 is 18.5 Å². The van der Waals surface area contributed by atoms with E-state index in [1.807, 2.05) is 0 Å². The topological polar surface area (TPSA) is 75.7 Å². The van der Waals surface area contributed by atoms with Crippen LogP contribution in [0.3, 0.4) is 0 Å². The van der Waals surface area contributed by atoms with Crippen LogP contribution in [0.15, 0.2) is 0 Å². The van der Waals surface area contributed by atoms with Crippen LogP contribution >= 0.6 is 0 Å². The number of nitrogens with zero attached hydrogens (tertiary/aromatic N) is 1. The lowest BCUT2D eigenvalue weighted by Crippen LogP contribution is -2.52. The molecule has 0 saturated heterocycles. The lowest BCUT2D eigenvalue weighted by atomic mass is 10.1. The third-order valence-electron chi connectivity index (χ3n) is 5.89. The maximum absolute atomic E-state index is 11.0. The monoisotopic (exact) mass is 451 g/mol. The van der Waals surface area contributed by atoms with Gasteiger partial charge in [-0.1, -0.05) is 52.4 Å². The highest BCUT2D eigenvalue weighted by Crippen LogP contribution is 2.17. The summed E-state index contributed by atoms with van der Waals surface area (Å²) in [6.45, 7) is 10.5. The summed E-state index contributed by atoms with van der Waals surface area (Å²) in [5.74, 6) is -0.246. The van der Waals surface area contributed by atoms with E-state index in [4.69, 9.17) is 9.47 Å². The van der Waals surface area contributed by atoms with Gasteiger partial charge in [0.1, 0.15) is 6.54 Å². The van der Waals surface area contributed by atoms with Crippen LogP contribution in [0.2, 0.25) is 0 Å². The smallest absolute Gasteiger partial charge is 0.102 e. The minimum absolute atomic E-state index is 0.246. The maximum Gasteiger partial charge on any atom is 0.102 e. The third kappa shape index (κ3) is 18.6. The van der Waals surface area contributed by atoms with E-state index in [1.165, 1.54) is 64.2 Å². The van der Waals surface area contributed by atoms with E-state index in [2.05, 4.69) is 13.8 Å². The van der Waals surface area contributed by atoms with Crippen molar-refractivity contribution in [3.8, 4) is 0 Å². The highest BCUT2D eigenvalue weighted by atomic mass is 32.2. The van der Waals surface area contributed by atoms with E-state index in [-0.39, 0.29) is 5.75 Å². The molecular formula is C23H49NO5S. The van der Waals surface area contributed by atoms with Gasteiger partial charge in [-0.15, -0.1) is 0 Å². The zero-order valence-electron chi connectivity index (χ0n) is 20.0. The summed E-state index contributed by atoms with van der Waals surface area (Å²) in [6, 6.07) is 0. The van der Waals surface area contributed by atoms with Crippen molar-refractivity contribution in [2.45, 2.75) is 90.9 Å². The molecule has 0 amide bonds. The molecule has 0 atom stereocenters. The normalized spacial score (nSPS) is 12.5. The van der Waals surface area contributed by atoms with Crippen LogP contribution in [0.25, 0.3) is 0 Å². The number of ether oxygens (including phenoxy) is 2. The molecule has 0 unspecified atom stereocenters. The van der Waals surface area contributed by atoms with Gasteiger partial charge >= 0.3 is 0 Å². The average molecular weight is 452 g/mol. The van der Waals surface area contributed by atoms with Crippen LogP contribution in [0.1, 0.15) is 90.9 Å². The van der Waals surface area contributed by atoms with Crippen LogP contribution in [0.5, 0.6) is 0 Å². The molecule has 182 valence electrons. The third-order valence-corrected chi connectivity index (χ3v) is 6.68. The van der Waals surface area contributed by atoms with Crippen molar-refractivity contribution in [2.75, 3.05) is 58.9 Å². The van der Waals surface area contributed by atoms with E-state index in [0.29, 0.717) is 26.2 Å². The first-order valence-corrected chi connectivity index (χ1v) is 13.8. The van der Waals surface area contributed by atoms with Gasteiger partial charge in [-0.3, -0.25) is 0 Å². The average Bonchev–Trinajstić information content (AvgIpc) is 2.70. The molecular weight excluding hydrogens is 402 g/mol. The second-order valence-electron chi connectivity index (χ2n) is 8.64. The Morgan fingerprint density at radius 1 is 0.667 bits per heavy atom. The van der Waals surface area contributed by atoms with E-state index in [9.17, 15) is 13.0 Å². The molecule has 0 heterocycles. The lowest BCUT2D eigenvalue weighted by Gasteiger charge is -2.39. The van der Waals surface area contributed by atoms with Crippen molar-refractivity contribution >= 4 is 10.1 Å². The Bertz CT molecular complexity index is 434. The largest absolute Gasteiger partial charge is 0.748 e. The Kier molecular flexibility index (Phi) is 19.3. The summed E-state index contributed by atoms with van der Waals surface area (Å²) in [4.78, 5) is 0. The Hall–Kier alpha value is -0.210. The first-order chi connectivity index (χ1) is 14.4. The van der Waals surface area contributed by atoms with Crippen LogP contribution in [0, 0.1) is 0 Å². The first-order valence-electron chi connectivity index (χ1n) is 12.2. The molecule has 0 bridgehead atoms. The highest BCUT2D eigenvalue weighted by Gasteiger charge is 2.26. The Balaban J connectivity index is 4.85. The van der Waals surface area contributed by atoms with E-state index in [1.54, 1.807) is 7.11 Å². The van der Waals surface area contributed by atoms with Crippen LogP contribution < -0.4 is 0 Å². The Morgan fingerprint density at radius 3 is 1.63 bits per heavy atom. The molecule has 0 aliphatic heterocycles. The molecule has 0 radical (unpaired) electrons. The number of unbranched alkanes of at least 4 members (excludes halogenated alkanes) is 9. The molecule has 6 nitrogen and oxygen atoms in total. The number of hydrogen-bond donors (Lipinski definition) is 0. The summed E-state index contributed by atoms with van der Waals surface area (Å²) >= 11 is 0. The van der Waals surface area contributed by atoms with Gasteiger partial charge in [-0.05, 0) is 38.5 Å². The van der Waals surface area contributed by atoms with Gasteiger partial charge in [0, 0.05) is 12.9 Å². The fourth-order valence-corrected chi connectivity index (χ4v) is 4.56. The minimum Gasteiger partial charge on any atom is -0.748 e. The van der Waals surface area contributed by atoms with E-state index in [0.717, 1.165) is 37.1 Å². The molecule has 0 aromatic carbocycles. The first kappa shape index (κ1) is 29.8. The summed E-state index contributed by atoms with van der Waals surface area (Å²) in [7, 11) is -2.44. The van der Waals surface area contributed by atoms with Crippen molar-refractivity contribution in [1.29, 1.82) is 0 Å². The van der Waals surface area contributed by atoms with Gasteiger partial charge in [0.15, 0.2) is 0 Å². The molecule has 0 aliphatic carbocycles. The van der Waals surface area contributed by atoms with Crippen molar-refractivity contribution in [1.82, 2.24) is 0 Å². The van der Waals surface area contributed by atoms with E-state index >= 15 is 0 Å². The van der Waals surface area contributed by atoms with Crippen molar-refractivity contribution in [2.24, 2.45) is 0 Å². The quantitative estimate of drug-likeness (QED) is 0.127. The van der Waals surface area contributed by atoms with Gasteiger partial charge in [-0.2, -0.15) is 0 Å². The molecule has 0 aromatic rings. The molecule has 30 heavy (non-hydrogen) atoms. The maximum atomic E-state index is 11.0. The van der Waals surface area contributed by atoms with Crippen LogP contribution in [0.4, 0.5) is 0 Å². The molecule has 7 heteroatoms. The number of methoxy groups -OCH3 is 1. The fraction of sp³-hybridized carbons (Fsp3) is 1.00. The zero-order chi connectivity index (χ0) is 22.6. The molecule has 0 aliphatic rings. The number of quaternary nitrogens is 1. The summed E-state index contributed by atoms with van der Waals surface area (Å²) < 4.78 is 44.8. The van der Waals surface area contributed by atoms with E-state index < -0.39 is 10.1 Å². The highest BCUT2D eigenvalue weighted by molar-refractivity contribution is 7.85. The molecule has 0 spiro atoms. The van der Waals surface area contributed by atoms with Crippen molar-refractivity contribution in [3.63, 3.8) is 0 Å². The van der Waals surface area contributed by atoms with Crippen LogP contribution in [-0.2, 0) is 19.6 Å². The minimum atomic E-state index is -4.12. The van der Waals surface area contributed by atoms with Gasteiger partial charge in [-0.25, -0.2) is 8.42 Å². The summed E-state index contributed by atoms with van der Waals surface area (Å²) in [5, 5.41) is 0. The SMILES string of the molecule is CCCCCCC[N+](CCCCCCC)(CCCCS(=O)(=O)[O-])CCOCCOC. The van der Waals surface area contributed by atoms with Crippen LogP contribution in [-0.4, -0.2) is 76.3 Å². The lowest BCUT2D eigenvalue weighted by molar-refractivity contribution is -0.929. The fourth-order valence-electron chi connectivity index (χ4n) is 4.00. The standard InChI is InChI=1S/C23H49NO5S/c1-4-6-8-10-12-16-24(17-13-11-9-7-5-2,19-20-29-22-21-28-3)18-14-15-23-30(25,26)27/h4-23H2,1-3H3. The molecule has 0 rings (SSSR count). The number of rotatable bonds is 23. The second kappa shape index (κ2) is 19.5. The predicted octanol–water partition coefficient (Wildman–Crippen LogP) is 4.73. The van der Waals surface area contributed by atoms with Crippen molar-refractivity contribution in [3.05, 3.63) is 0 Å². The second-order valence-corrected chi connectivity index (χ2v) is 10.2. The number of hydrogen-bond acceptors (Lipinski definition) is 5. The molecule has 0 aromatic heterocycles. The molecule has 0 saturated carbocycles. The van der Waals surface area contributed by atoms with Crippen molar-refractivity contribution < 1.29 is 26.9 Å². The zero-order valence-corrected chi connectivity index (χ0v) is 20.9. The molecule has 0 fully saturated rings. The summed E-state index contributed by atoms with van der Waals surface area (Å²) in [6.07, 6.45) is 13.8. The molecule has 0 N–H and O–H groups in total. The van der Waals surface area contributed by atoms with Gasteiger partial charge in [0.05, 0.1) is 49.6 Å². The van der Waals surface area contributed by atoms with Gasteiger partial charge in [0.2, 0.25) is 0 Å². The summed E-state index contributed by atoms with van der Waals surface area (Å²) in [5.41, 5.74) is 0. The Morgan fingerprint density at radius 2 is 1.17 bits per heavy atom. The Labute approximate surface area is 187 Å². The predicted molar refractivity (Wildman–Crippen MR) is 124 cm³/mol.